The maximum Gasteiger partial charge on any atom is 0.289 e. The average molecular weight is 312 g/mol. The van der Waals surface area contributed by atoms with Gasteiger partial charge in [0.25, 0.3) is 11.6 Å². The molecule has 0 bridgehead atoms. The molecule has 0 aliphatic rings. The number of amides is 1. The van der Waals surface area contributed by atoms with Gasteiger partial charge < -0.3 is 5.32 Å². The Balaban J connectivity index is 2.29. The van der Waals surface area contributed by atoms with Gasteiger partial charge in [-0.3, -0.25) is 19.9 Å². The van der Waals surface area contributed by atoms with Crippen LogP contribution in [0.15, 0.2) is 36.7 Å². The highest BCUT2D eigenvalue weighted by Crippen LogP contribution is 2.34. The first-order chi connectivity index (χ1) is 9.49. The van der Waals surface area contributed by atoms with Crippen LogP contribution in [-0.2, 0) is 0 Å². The molecule has 1 amide bonds. The van der Waals surface area contributed by atoms with Crippen molar-refractivity contribution in [2.45, 2.75) is 0 Å². The lowest BCUT2D eigenvalue weighted by atomic mass is 10.2. The highest BCUT2D eigenvalue weighted by molar-refractivity contribution is 6.37. The smallest absolute Gasteiger partial charge is 0.289 e. The molecule has 0 saturated heterocycles. The van der Waals surface area contributed by atoms with E-state index in [1.807, 2.05) is 0 Å². The number of nitro groups is 1. The first-order valence-electron chi connectivity index (χ1n) is 5.34. The minimum absolute atomic E-state index is 0.0262. The summed E-state index contributed by atoms with van der Waals surface area (Å²) >= 11 is 11.6. The van der Waals surface area contributed by atoms with E-state index in [-0.39, 0.29) is 21.4 Å². The summed E-state index contributed by atoms with van der Waals surface area (Å²) in [6.07, 6.45) is 2.92. The van der Waals surface area contributed by atoms with E-state index in [1.165, 1.54) is 18.5 Å². The number of nitro benzene ring substituents is 1. The molecular weight excluding hydrogens is 305 g/mol. The maximum absolute atomic E-state index is 11.9. The van der Waals surface area contributed by atoms with E-state index in [0.29, 0.717) is 5.56 Å². The van der Waals surface area contributed by atoms with Gasteiger partial charge in [0.15, 0.2) is 0 Å². The van der Waals surface area contributed by atoms with E-state index in [9.17, 15) is 14.9 Å². The molecule has 1 N–H and O–H groups in total. The van der Waals surface area contributed by atoms with Crippen molar-refractivity contribution in [3.8, 4) is 0 Å². The Kier molecular flexibility index (Phi) is 4.16. The highest BCUT2D eigenvalue weighted by atomic mass is 35.5. The fourth-order valence-electron chi connectivity index (χ4n) is 1.46. The molecule has 20 heavy (non-hydrogen) atoms. The van der Waals surface area contributed by atoms with Crippen molar-refractivity contribution < 1.29 is 9.72 Å². The molecule has 0 saturated carbocycles. The fraction of sp³-hybridized carbons (Fsp3) is 0. The second-order valence-electron chi connectivity index (χ2n) is 3.74. The summed E-state index contributed by atoms with van der Waals surface area (Å²) in [4.78, 5) is 25.8. The number of carbonyl (C=O) groups excluding carboxylic acids is 1. The average Bonchev–Trinajstić information content (AvgIpc) is 2.43. The molecule has 1 aromatic heterocycles. The van der Waals surface area contributed by atoms with Crippen molar-refractivity contribution in [2.75, 3.05) is 5.32 Å². The second kappa shape index (κ2) is 5.85. The topological polar surface area (TPSA) is 85.1 Å². The number of hydrogen-bond donors (Lipinski definition) is 1. The Morgan fingerprint density at radius 3 is 2.65 bits per heavy atom. The lowest BCUT2D eigenvalue weighted by molar-refractivity contribution is -0.384. The maximum atomic E-state index is 11.9. The van der Waals surface area contributed by atoms with Crippen LogP contribution in [0.4, 0.5) is 11.4 Å². The van der Waals surface area contributed by atoms with E-state index >= 15 is 0 Å². The molecule has 0 aliphatic carbocycles. The summed E-state index contributed by atoms with van der Waals surface area (Å²) in [5.74, 6) is -0.440. The quantitative estimate of drug-likeness (QED) is 0.693. The summed E-state index contributed by atoms with van der Waals surface area (Å²) < 4.78 is 0. The molecule has 6 nitrogen and oxygen atoms in total. The minimum Gasteiger partial charge on any atom is -0.321 e. The van der Waals surface area contributed by atoms with Crippen molar-refractivity contribution in [1.29, 1.82) is 0 Å². The Morgan fingerprint density at radius 2 is 2.05 bits per heavy atom. The van der Waals surface area contributed by atoms with E-state index in [1.54, 1.807) is 12.1 Å². The number of carbonyl (C=O) groups is 1. The predicted molar refractivity (Wildman–Crippen MR) is 75.3 cm³/mol. The lowest BCUT2D eigenvalue weighted by Gasteiger charge is -2.07. The molecule has 1 aromatic carbocycles. The SMILES string of the molecule is O=C(Nc1cc(Cl)c([N+](=O)[O-])cc1Cl)c1cccnc1. The largest absolute Gasteiger partial charge is 0.321 e. The van der Waals surface area contributed by atoms with Crippen LogP contribution in [0.2, 0.25) is 10.0 Å². The monoisotopic (exact) mass is 311 g/mol. The highest BCUT2D eigenvalue weighted by Gasteiger charge is 2.17. The molecule has 2 aromatic rings. The minimum atomic E-state index is -0.652. The second-order valence-corrected chi connectivity index (χ2v) is 4.55. The van der Waals surface area contributed by atoms with Crippen LogP contribution >= 0.6 is 23.2 Å². The summed E-state index contributed by atoms with van der Waals surface area (Å²) in [6, 6.07) is 5.50. The molecule has 0 fully saturated rings. The van der Waals surface area contributed by atoms with Gasteiger partial charge in [0.1, 0.15) is 5.02 Å². The van der Waals surface area contributed by atoms with Crippen LogP contribution in [0.5, 0.6) is 0 Å². The summed E-state index contributed by atoms with van der Waals surface area (Å²) in [5, 5.41) is 13.1. The normalized spacial score (nSPS) is 10.1. The number of hydrogen-bond acceptors (Lipinski definition) is 4. The van der Waals surface area contributed by atoms with Crippen LogP contribution in [-0.4, -0.2) is 15.8 Å². The Morgan fingerprint density at radius 1 is 1.30 bits per heavy atom. The number of anilines is 1. The third-order valence-electron chi connectivity index (χ3n) is 2.41. The van der Waals surface area contributed by atoms with Crippen molar-refractivity contribution >= 4 is 40.5 Å². The number of halogens is 2. The van der Waals surface area contributed by atoms with Crippen molar-refractivity contribution in [3.05, 3.63) is 62.4 Å². The van der Waals surface area contributed by atoms with Gasteiger partial charge in [-0.1, -0.05) is 23.2 Å². The van der Waals surface area contributed by atoms with Gasteiger partial charge in [-0.25, -0.2) is 0 Å². The number of pyridine rings is 1. The molecule has 0 spiro atoms. The van der Waals surface area contributed by atoms with Crippen LogP contribution in [0.1, 0.15) is 10.4 Å². The predicted octanol–water partition coefficient (Wildman–Crippen LogP) is 3.55. The molecule has 0 atom stereocenters. The van der Waals surface area contributed by atoms with Crippen molar-refractivity contribution in [1.82, 2.24) is 4.98 Å². The van der Waals surface area contributed by atoms with E-state index in [2.05, 4.69) is 10.3 Å². The first kappa shape index (κ1) is 14.2. The number of nitrogens with zero attached hydrogens (tertiary/aromatic N) is 2. The number of nitrogens with one attached hydrogen (secondary N) is 1. The molecule has 0 radical (unpaired) electrons. The van der Waals surface area contributed by atoms with Crippen molar-refractivity contribution in [2.24, 2.45) is 0 Å². The van der Waals surface area contributed by atoms with Crippen molar-refractivity contribution in [3.63, 3.8) is 0 Å². The molecule has 102 valence electrons. The third kappa shape index (κ3) is 3.04. The van der Waals surface area contributed by atoms with Crippen LogP contribution in [0, 0.1) is 10.1 Å². The van der Waals surface area contributed by atoms with E-state index in [0.717, 1.165) is 6.07 Å². The summed E-state index contributed by atoms with van der Waals surface area (Å²) in [5.41, 5.74) is 0.199. The van der Waals surface area contributed by atoms with Gasteiger partial charge in [-0.2, -0.15) is 0 Å². The lowest BCUT2D eigenvalue weighted by Crippen LogP contribution is -2.12. The zero-order valence-electron chi connectivity index (χ0n) is 9.84. The first-order valence-corrected chi connectivity index (χ1v) is 6.09. The Bertz CT molecular complexity index is 677. The van der Waals surface area contributed by atoms with E-state index < -0.39 is 10.8 Å². The Hall–Kier alpha value is -2.18. The number of benzene rings is 1. The number of rotatable bonds is 3. The zero-order valence-corrected chi connectivity index (χ0v) is 11.4. The van der Waals surface area contributed by atoms with Gasteiger partial charge in [-0.15, -0.1) is 0 Å². The molecule has 8 heteroatoms. The van der Waals surface area contributed by atoms with E-state index in [4.69, 9.17) is 23.2 Å². The van der Waals surface area contributed by atoms with Gasteiger partial charge in [0, 0.05) is 18.5 Å². The molecule has 0 aliphatic heterocycles. The molecule has 0 unspecified atom stereocenters. The Labute approximate surface area is 123 Å². The molecule has 2 rings (SSSR count). The molecule has 1 heterocycles. The van der Waals surface area contributed by atoms with Gasteiger partial charge >= 0.3 is 0 Å². The van der Waals surface area contributed by atoms with Crippen LogP contribution in [0.25, 0.3) is 0 Å². The van der Waals surface area contributed by atoms with Gasteiger partial charge in [-0.05, 0) is 18.2 Å². The van der Waals surface area contributed by atoms with Crippen LogP contribution in [0.3, 0.4) is 0 Å². The standard InChI is InChI=1S/C12H7Cl2N3O3/c13-8-5-11(17(19)20)9(14)4-10(8)16-12(18)7-2-1-3-15-6-7/h1-6H,(H,16,18). The third-order valence-corrected chi connectivity index (χ3v) is 3.02. The summed E-state index contributed by atoms with van der Waals surface area (Å²) in [6.45, 7) is 0. The molecular formula is C12H7Cl2N3O3. The number of aromatic nitrogens is 1. The fourth-order valence-corrected chi connectivity index (χ4v) is 1.90. The van der Waals surface area contributed by atoms with Crippen LogP contribution < -0.4 is 5.32 Å². The summed E-state index contributed by atoms with van der Waals surface area (Å²) in [7, 11) is 0. The zero-order chi connectivity index (χ0) is 14.7. The van der Waals surface area contributed by atoms with Gasteiger partial charge in [0.05, 0.1) is 21.2 Å². The van der Waals surface area contributed by atoms with Gasteiger partial charge in [0.2, 0.25) is 0 Å².